The maximum atomic E-state index is 11.9. The van der Waals surface area contributed by atoms with Gasteiger partial charge in [-0.25, -0.2) is 5.48 Å². The number of hydroxylamine groups is 1. The largest absolute Gasteiger partial charge is 0.326 e. The highest BCUT2D eigenvalue weighted by Crippen LogP contribution is 2.18. The lowest BCUT2D eigenvalue weighted by atomic mass is 10.1. The fourth-order valence-corrected chi connectivity index (χ4v) is 2.08. The number of carbonyl (C=O) groups is 2. The molecule has 0 aliphatic rings. The first-order valence-electron chi connectivity index (χ1n) is 7.33. The van der Waals surface area contributed by atoms with Crippen molar-refractivity contribution < 1.29 is 14.8 Å². The molecule has 0 radical (unpaired) electrons. The van der Waals surface area contributed by atoms with Crippen LogP contribution in [0.2, 0.25) is 0 Å². The molecule has 0 aliphatic carbocycles. The molecule has 1 aromatic carbocycles. The smallest absolute Gasteiger partial charge is 0.243 e. The van der Waals surface area contributed by atoms with Gasteiger partial charge in [0.15, 0.2) is 0 Å². The molecule has 0 atom stereocenters. The first-order chi connectivity index (χ1) is 10.0. The van der Waals surface area contributed by atoms with Crippen molar-refractivity contribution >= 4 is 17.5 Å². The summed E-state index contributed by atoms with van der Waals surface area (Å²) in [6.45, 7) is 4.02. The number of hydrogen-bond donors (Lipinski definition) is 3. The van der Waals surface area contributed by atoms with Crippen molar-refractivity contribution in [3.05, 3.63) is 29.3 Å². The molecule has 3 N–H and O–H groups in total. The topological polar surface area (TPSA) is 78.4 Å². The van der Waals surface area contributed by atoms with E-state index in [0.29, 0.717) is 12.8 Å². The van der Waals surface area contributed by atoms with Gasteiger partial charge in [0.1, 0.15) is 0 Å². The van der Waals surface area contributed by atoms with Gasteiger partial charge in [-0.3, -0.25) is 14.8 Å². The van der Waals surface area contributed by atoms with E-state index in [1.807, 2.05) is 32.0 Å². The Morgan fingerprint density at radius 2 is 1.62 bits per heavy atom. The maximum absolute atomic E-state index is 11.9. The van der Waals surface area contributed by atoms with Gasteiger partial charge >= 0.3 is 0 Å². The van der Waals surface area contributed by atoms with Gasteiger partial charge in [-0.1, -0.05) is 25.0 Å². The van der Waals surface area contributed by atoms with Crippen LogP contribution in [0.4, 0.5) is 5.69 Å². The highest BCUT2D eigenvalue weighted by atomic mass is 16.5. The van der Waals surface area contributed by atoms with Crippen LogP contribution in [0.5, 0.6) is 0 Å². The van der Waals surface area contributed by atoms with Crippen molar-refractivity contribution in [3.63, 3.8) is 0 Å². The average molecular weight is 292 g/mol. The molecule has 2 amide bonds. The monoisotopic (exact) mass is 292 g/mol. The molecule has 1 aromatic rings. The van der Waals surface area contributed by atoms with Gasteiger partial charge in [0.25, 0.3) is 0 Å². The van der Waals surface area contributed by atoms with Crippen LogP contribution in [0.1, 0.15) is 49.7 Å². The van der Waals surface area contributed by atoms with E-state index in [4.69, 9.17) is 5.21 Å². The van der Waals surface area contributed by atoms with Crippen molar-refractivity contribution in [3.8, 4) is 0 Å². The summed E-state index contributed by atoms with van der Waals surface area (Å²) in [6.07, 6.45) is 4.12. The number of benzene rings is 1. The van der Waals surface area contributed by atoms with Gasteiger partial charge in [0.2, 0.25) is 11.8 Å². The molecule has 21 heavy (non-hydrogen) atoms. The minimum atomic E-state index is -0.359. The quantitative estimate of drug-likeness (QED) is 0.391. The summed E-state index contributed by atoms with van der Waals surface area (Å²) in [5.74, 6) is -0.334. The lowest BCUT2D eigenvalue weighted by molar-refractivity contribution is -0.129. The van der Waals surface area contributed by atoms with E-state index in [1.54, 1.807) is 5.48 Å². The summed E-state index contributed by atoms with van der Waals surface area (Å²) in [4.78, 5) is 22.6. The number of carbonyl (C=O) groups excluding carboxylic acids is 2. The molecule has 1 rings (SSSR count). The number of rotatable bonds is 8. The third kappa shape index (κ3) is 6.40. The van der Waals surface area contributed by atoms with Crippen molar-refractivity contribution in [1.29, 1.82) is 0 Å². The van der Waals surface area contributed by atoms with E-state index in [1.165, 1.54) is 0 Å². The molecule has 0 aromatic heterocycles. The fraction of sp³-hybridized carbons (Fsp3) is 0.500. The molecule has 0 saturated heterocycles. The molecule has 0 fully saturated rings. The summed E-state index contributed by atoms with van der Waals surface area (Å²) in [5, 5.41) is 11.3. The van der Waals surface area contributed by atoms with Gasteiger partial charge in [-0.05, 0) is 43.9 Å². The molecular weight excluding hydrogens is 268 g/mol. The van der Waals surface area contributed by atoms with Gasteiger partial charge < -0.3 is 5.32 Å². The summed E-state index contributed by atoms with van der Waals surface area (Å²) >= 11 is 0. The number of hydrogen-bond acceptors (Lipinski definition) is 3. The molecule has 116 valence electrons. The lowest BCUT2D eigenvalue weighted by Gasteiger charge is -2.10. The molecule has 5 nitrogen and oxygen atoms in total. The SMILES string of the molecule is Cc1cccc(NC(=O)CCCCCCC(=O)NO)c1C. The third-order valence-electron chi connectivity index (χ3n) is 3.56. The minimum Gasteiger partial charge on any atom is -0.326 e. The molecule has 0 bridgehead atoms. The van der Waals surface area contributed by atoms with E-state index in [9.17, 15) is 9.59 Å². The average Bonchev–Trinajstić information content (AvgIpc) is 2.47. The fourth-order valence-electron chi connectivity index (χ4n) is 2.08. The van der Waals surface area contributed by atoms with Gasteiger partial charge in [-0.2, -0.15) is 0 Å². The van der Waals surface area contributed by atoms with Crippen LogP contribution < -0.4 is 10.8 Å². The molecule has 0 aliphatic heterocycles. The van der Waals surface area contributed by atoms with Gasteiger partial charge in [0, 0.05) is 18.5 Å². The third-order valence-corrected chi connectivity index (χ3v) is 3.56. The summed E-state index contributed by atoms with van der Waals surface area (Å²) in [7, 11) is 0. The number of amides is 2. The van der Waals surface area contributed by atoms with Crippen LogP contribution >= 0.6 is 0 Å². The standard InChI is InChI=1S/C16H24N2O3/c1-12-8-7-9-14(13(12)2)17-15(19)10-5-3-4-6-11-16(20)18-21/h7-9,21H,3-6,10-11H2,1-2H3,(H,17,19)(H,18,20). The van der Waals surface area contributed by atoms with Crippen molar-refractivity contribution in [2.75, 3.05) is 5.32 Å². The Morgan fingerprint density at radius 3 is 2.24 bits per heavy atom. The molecule has 0 saturated carbocycles. The van der Waals surface area contributed by atoms with Gasteiger partial charge in [0.05, 0.1) is 0 Å². The number of unbranched alkanes of at least 4 members (excludes halogenated alkanes) is 3. The van der Waals surface area contributed by atoms with E-state index < -0.39 is 0 Å². The van der Waals surface area contributed by atoms with Crippen LogP contribution in [0.3, 0.4) is 0 Å². The molecule has 0 unspecified atom stereocenters. The second-order valence-electron chi connectivity index (χ2n) is 5.24. The summed E-state index contributed by atoms with van der Waals surface area (Å²) in [6, 6.07) is 5.87. The van der Waals surface area contributed by atoms with E-state index in [0.717, 1.165) is 42.5 Å². The zero-order valence-corrected chi connectivity index (χ0v) is 12.7. The predicted molar refractivity (Wildman–Crippen MR) is 82.2 cm³/mol. The second-order valence-corrected chi connectivity index (χ2v) is 5.24. The normalized spacial score (nSPS) is 10.2. The highest BCUT2D eigenvalue weighted by Gasteiger charge is 2.06. The van der Waals surface area contributed by atoms with Crippen LogP contribution in [-0.4, -0.2) is 17.0 Å². The van der Waals surface area contributed by atoms with Crippen LogP contribution in [0.25, 0.3) is 0 Å². The molecule has 5 heteroatoms. The summed E-state index contributed by atoms with van der Waals surface area (Å²) < 4.78 is 0. The van der Waals surface area contributed by atoms with E-state index in [2.05, 4.69) is 5.32 Å². The first-order valence-corrected chi connectivity index (χ1v) is 7.33. The molecule has 0 spiro atoms. The van der Waals surface area contributed by atoms with Gasteiger partial charge in [-0.15, -0.1) is 0 Å². The van der Waals surface area contributed by atoms with Crippen LogP contribution in [0, 0.1) is 13.8 Å². The Kier molecular flexibility index (Phi) is 7.46. The lowest BCUT2D eigenvalue weighted by Crippen LogP contribution is -2.17. The Labute approximate surface area is 125 Å². The zero-order chi connectivity index (χ0) is 15.7. The van der Waals surface area contributed by atoms with Crippen molar-refractivity contribution in [2.45, 2.75) is 52.4 Å². The van der Waals surface area contributed by atoms with Crippen molar-refractivity contribution in [2.24, 2.45) is 0 Å². The minimum absolute atomic E-state index is 0.0248. The molecule has 0 heterocycles. The first kappa shape index (κ1) is 17.2. The Balaban J connectivity index is 2.20. The van der Waals surface area contributed by atoms with Crippen molar-refractivity contribution in [1.82, 2.24) is 5.48 Å². The van der Waals surface area contributed by atoms with E-state index in [-0.39, 0.29) is 11.8 Å². The Hall–Kier alpha value is -1.88. The number of aryl methyl sites for hydroxylation is 1. The summed E-state index contributed by atoms with van der Waals surface area (Å²) in [5.41, 5.74) is 4.74. The Bertz CT molecular complexity index is 486. The number of anilines is 1. The second kappa shape index (κ2) is 9.13. The van der Waals surface area contributed by atoms with E-state index >= 15 is 0 Å². The number of nitrogens with one attached hydrogen (secondary N) is 2. The van der Waals surface area contributed by atoms with Crippen LogP contribution in [0.15, 0.2) is 18.2 Å². The Morgan fingerprint density at radius 1 is 1.00 bits per heavy atom. The predicted octanol–water partition coefficient (Wildman–Crippen LogP) is 3.09. The molecular formula is C16H24N2O3. The highest BCUT2D eigenvalue weighted by molar-refractivity contribution is 5.91. The maximum Gasteiger partial charge on any atom is 0.243 e. The zero-order valence-electron chi connectivity index (χ0n) is 12.7. The van der Waals surface area contributed by atoms with Crippen LogP contribution in [-0.2, 0) is 9.59 Å².